The minimum Gasteiger partial charge on any atom is -0.633 e. The van der Waals surface area contributed by atoms with Crippen LogP contribution in [0.1, 0.15) is 29.6 Å². The standard InChI is InChI=1S/C17H21NO5/c1-18(21)12-8-9-13(18)15(17(20)22-2)14(10-12)23-16(19)11-6-4-3-5-7-11/h3-7,12-15H,8-10H2,1-2H3/t12-,13+,14?,15?,18?/m0/s1. The summed E-state index contributed by atoms with van der Waals surface area (Å²) in [5, 5.41) is 12.8. The summed E-state index contributed by atoms with van der Waals surface area (Å²) in [4.78, 5) is 24.5. The first-order valence-electron chi connectivity index (χ1n) is 7.86. The minimum absolute atomic E-state index is 0.130. The van der Waals surface area contributed by atoms with Gasteiger partial charge in [-0.3, -0.25) is 4.79 Å². The average Bonchev–Trinajstić information content (AvgIpc) is 2.73. The Bertz CT molecular complexity index is 600. The Morgan fingerprint density at radius 2 is 1.91 bits per heavy atom. The molecule has 1 aromatic rings. The van der Waals surface area contributed by atoms with Gasteiger partial charge in [0, 0.05) is 19.3 Å². The van der Waals surface area contributed by atoms with Gasteiger partial charge in [0.1, 0.15) is 18.1 Å². The van der Waals surface area contributed by atoms with Crippen molar-refractivity contribution in [3.8, 4) is 0 Å². The third-order valence-corrected chi connectivity index (χ3v) is 5.24. The van der Waals surface area contributed by atoms with Crippen molar-refractivity contribution >= 4 is 11.9 Å². The predicted molar refractivity (Wildman–Crippen MR) is 82.1 cm³/mol. The van der Waals surface area contributed by atoms with Gasteiger partial charge in [-0.25, -0.2) is 4.79 Å². The number of carbonyl (C=O) groups is 2. The molecule has 3 rings (SSSR count). The van der Waals surface area contributed by atoms with Gasteiger partial charge < -0.3 is 19.3 Å². The third kappa shape index (κ3) is 2.72. The maximum absolute atomic E-state index is 12.8. The van der Waals surface area contributed by atoms with Crippen LogP contribution in [0, 0.1) is 11.1 Å². The van der Waals surface area contributed by atoms with E-state index in [1.165, 1.54) is 7.11 Å². The molecule has 0 N–H and O–H groups in total. The highest BCUT2D eigenvalue weighted by atomic mass is 16.6. The van der Waals surface area contributed by atoms with Crippen LogP contribution >= 0.6 is 0 Å². The van der Waals surface area contributed by atoms with Gasteiger partial charge in [-0.2, -0.15) is 0 Å². The molecule has 1 aromatic carbocycles. The summed E-state index contributed by atoms with van der Waals surface area (Å²) >= 11 is 0. The van der Waals surface area contributed by atoms with Gasteiger partial charge in [-0.05, 0) is 12.1 Å². The Morgan fingerprint density at radius 3 is 2.57 bits per heavy atom. The van der Waals surface area contributed by atoms with Crippen LogP contribution in [-0.2, 0) is 14.3 Å². The number of ether oxygens (including phenoxy) is 2. The lowest BCUT2D eigenvalue weighted by Gasteiger charge is -2.52. The largest absolute Gasteiger partial charge is 0.633 e. The summed E-state index contributed by atoms with van der Waals surface area (Å²) in [6, 6.07) is 8.12. The second kappa shape index (κ2) is 5.94. The predicted octanol–water partition coefficient (Wildman–Crippen LogP) is 1.88. The van der Waals surface area contributed by atoms with E-state index in [0.717, 1.165) is 6.42 Å². The quantitative estimate of drug-likeness (QED) is 0.483. The Hall–Kier alpha value is -1.92. The average molecular weight is 319 g/mol. The molecule has 2 heterocycles. The molecular formula is C17H21NO5. The highest BCUT2D eigenvalue weighted by molar-refractivity contribution is 5.89. The molecule has 0 aliphatic carbocycles. The SMILES string of the molecule is COC(=O)C1C(OC(=O)c2ccccc2)C[C@@H]2CC[C@H]1[N+]2(C)[O-]. The van der Waals surface area contributed by atoms with E-state index in [4.69, 9.17) is 9.47 Å². The van der Waals surface area contributed by atoms with Crippen LogP contribution in [0.5, 0.6) is 0 Å². The molecule has 2 aliphatic rings. The number of nitrogens with zero attached hydrogens (tertiary/aromatic N) is 1. The number of quaternary nitrogens is 1. The fourth-order valence-corrected chi connectivity index (χ4v) is 3.98. The van der Waals surface area contributed by atoms with E-state index in [1.807, 2.05) is 6.07 Å². The van der Waals surface area contributed by atoms with Crippen LogP contribution in [0.4, 0.5) is 0 Å². The molecule has 124 valence electrons. The first-order chi connectivity index (χ1) is 10.9. The highest BCUT2D eigenvalue weighted by Gasteiger charge is 2.57. The fourth-order valence-electron chi connectivity index (χ4n) is 3.98. The first kappa shape index (κ1) is 16.0. The van der Waals surface area contributed by atoms with Crippen molar-refractivity contribution < 1.29 is 23.7 Å². The number of esters is 2. The van der Waals surface area contributed by atoms with Crippen molar-refractivity contribution in [2.75, 3.05) is 14.2 Å². The Morgan fingerprint density at radius 1 is 1.22 bits per heavy atom. The molecule has 2 saturated heterocycles. The summed E-state index contributed by atoms with van der Waals surface area (Å²) < 4.78 is 10.0. The topological polar surface area (TPSA) is 75.7 Å². The molecule has 0 radical (unpaired) electrons. The van der Waals surface area contributed by atoms with E-state index in [0.29, 0.717) is 18.4 Å². The number of hydrogen-bond acceptors (Lipinski definition) is 5. The molecular weight excluding hydrogens is 298 g/mol. The Kier molecular flexibility index (Phi) is 4.12. The first-order valence-corrected chi connectivity index (χ1v) is 7.86. The van der Waals surface area contributed by atoms with Gasteiger partial charge in [0.05, 0.1) is 25.8 Å². The van der Waals surface area contributed by atoms with Crippen LogP contribution < -0.4 is 0 Å². The van der Waals surface area contributed by atoms with Gasteiger partial charge in [0.15, 0.2) is 0 Å². The maximum Gasteiger partial charge on any atom is 0.338 e. The van der Waals surface area contributed by atoms with E-state index in [2.05, 4.69) is 0 Å². The normalized spacial score (nSPS) is 35.6. The van der Waals surface area contributed by atoms with E-state index in [-0.39, 0.29) is 6.04 Å². The number of hydroxylamine groups is 3. The summed E-state index contributed by atoms with van der Waals surface area (Å²) in [6.07, 6.45) is 1.20. The second-order valence-electron chi connectivity index (χ2n) is 6.45. The van der Waals surface area contributed by atoms with Crippen molar-refractivity contribution in [3.05, 3.63) is 41.1 Å². The summed E-state index contributed by atoms with van der Waals surface area (Å²) in [7, 11) is 2.90. The zero-order valence-electron chi connectivity index (χ0n) is 13.3. The Labute approximate surface area is 135 Å². The molecule has 6 nitrogen and oxygen atoms in total. The summed E-state index contributed by atoms with van der Waals surface area (Å²) in [6.45, 7) is 0. The molecule has 0 saturated carbocycles. The highest BCUT2D eigenvalue weighted by Crippen LogP contribution is 2.45. The molecule has 2 aliphatic heterocycles. The monoisotopic (exact) mass is 319 g/mol. The van der Waals surface area contributed by atoms with Crippen molar-refractivity contribution in [1.82, 2.24) is 0 Å². The molecule has 5 atom stereocenters. The van der Waals surface area contributed by atoms with Crippen molar-refractivity contribution in [2.45, 2.75) is 37.5 Å². The molecule has 6 heteroatoms. The number of piperidine rings is 1. The number of carbonyl (C=O) groups excluding carboxylic acids is 2. The van der Waals surface area contributed by atoms with E-state index < -0.39 is 34.6 Å². The summed E-state index contributed by atoms with van der Waals surface area (Å²) in [5.41, 5.74) is 0.438. The molecule has 23 heavy (non-hydrogen) atoms. The second-order valence-corrected chi connectivity index (χ2v) is 6.45. The molecule has 0 spiro atoms. The minimum atomic E-state index is -0.700. The lowest BCUT2D eigenvalue weighted by atomic mass is 9.87. The van der Waals surface area contributed by atoms with Crippen molar-refractivity contribution in [1.29, 1.82) is 0 Å². The van der Waals surface area contributed by atoms with Crippen molar-refractivity contribution in [3.63, 3.8) is 0 Å². The number of methoxy groups -OCH3 is 1. The molecule has 0 amide bonds. The smallest absolute Gasteiger partial charge is 0.338 e. The molecule has 2 fully saturated rings. The van der Waals surface area contributed by atoms with Gasteiger partial charge in [0.2, 0.25) is 0 Å². The van der Waals surface area contributed by atoms with Crippen LogP contribution in [0.25, 0.3) is 0 Å². The Balaban J connectivity index is 1.83. The van der Waals surface area contributed by atoms with Crippen molar-refractivity contribution in [2.24, 2.45) is 5.92 Å². The van der Waals surface area contributed by atoms with Gasteiger partial charge in [-0.15, -0.1) is 0 Å². The van der Waals surface area contributed by atoms with E-state index in [9.17, 15) is 14.8 Å². The number of benzene rings is 1. The van der Waals surface area contributed by atoms with Crippen LogP contribution in [0.2, 0.25) is 0 Å². The van der Waals surface area contributed by atoms with E-state index in [1.54, 1.807) is 31.3 Å². The molecule has 0 aromatic heterocycles. The van der Waals surface area contributed by atoms with Crippen LogP contribution in [0.15, 0.2) is 30.3 Å². The van der Waals surface area contributed by atoms with Gasteiger partial charge in [-0.1, -0.05) is 18.2 Å². The van der Waals surface area contributed by atoms with E-state index >= 15 is 0 Å². The van der Waals surface area contributed by atoms with Gasteiger partial charge >= 0.3 is 11.9 Å². The zero-order valence-corrected chi connectivity index (χ0v) is 13.3. The lowest BCUT2D eigenvalue weighted by molar-refractivity contribution is -0.906. The number of rotatable bonds is 3. The third-order valence-electron chi connectivity index (χ3n) is 5.24. The fraction of sp³-hybridized carbons (Fsp3) is 0.529. The van der Waals surface area contributed by atoms with Crippen LogP contribution in [-0.4, -0.2) is 48.9 Å². The van der Waals surface area contributed by atoms with Gasteiger partial charge in [0.25, 0.3) is 0 Å². The summed E-state index contributed by atoms with van der Waals surface area (Å²) in [5.74, 6) is -1.64. The lowest BCUT2D eigenvalue weighted by Crippen LogP contribution is -2.61. The number of hydrogen-bond donors (Lipinski definition) is 0. The zero-order chi connectivity index (χ0) is 16.6. The maximum atomic E-state index is 12.8. The van der Waals surface area contributed by atoms with Crippen LogP contribution in [0.3, 0.4) is 0 Å². The number of fused-ring (bicyclic) bond motifs is 2. The molecule has 3 unspecified atom stereocenters. The molecule has 2 bridgehead atoms.